The lowest BCUT2D eigenvalue weighted by Gasteiger charge is -2.35. The molecule has 1 amide bonds. The van der Waals surface area contributed by atoms with Crippen molar-refractivity contribution in [2.24, 2.45) is 0 Å². The quantitative estimate of drug-likeness (QED) is 0.864. The highest BCUT2D eigenvalue weighted by Gasteiger charge is 2.27. The topological polar surface area (TPSA) is 87.6 Å². The Morgan fingerprint density at radius 2 is 2.17 bits per heavy atom. The molecule has 24 heavy (non-hydrogen) atoms. The predicted octanol–water partition coefficient (Wildman–Crippen LogP) is 1.44. The molecule has 1 aliphatic rings. The van der Waals surface area contributed by atoms with Crippen molar-refractivity contribution in [3.05, 3.63) is 48.3 Å². The van der Waals surface area contributed by atoms with Crippen LogP contribution in [0, 0.1) is 0 Å². The third-order valence-corrected chi connectivity index (χ3v) is 3.88. The van der Waals surface area contributed by atoms with E-state index in [1.165, 1.54) is 0 Å². The highest BCUT2D eigenvalue weighted by Crippen LogP contribution is 2.19. The summed E-state index contributed by atoms with van der Waals surface area (Å²) in [6.07, 6.45) is 3.82. The van der Waals surface area contributed by atoms with Crippen molar-refractivity contribution in [2.45, 2.75) is 12.5 Å². The molecule has 2 aromatic rings. The van der Waals surface area contributed by atoms with E-state index in [0.717, 1.165) is 5.69 Å². The van der Waals surface area contributed by atoms with Crippen molar-refractivity contribution in [2.75, 3.05) is 31.7 Å². The van der Waals surface area contributed by atoms with Crippen molar-refractivity contribution in [1.29, 1.82) is 0 Å². The number of rotatable bonds is 5. The number of aliphatic hydroxyl groups excluding tert-OH is 1. The number of benzene rings is 1. The van der Waals surface area contributed by atoms with Crippen LogP contribution >= 0.6 is 0 Å². The molecule has 1 aromatic carbocycles. The van der Waals surface area contributed by atoms with Crippen LogP contribution in [-0.4, -0.2) is 58.3 Å². The van der Waals surface area contributed by atoms with Crippen molar-refractivity contribution in [3.63, 3.8) is 0 Å². The highest BCUT2D eigenvalue weighted by molar-refractivity contribution is 5.95. The largest absolute Gasteiger partial charge is 0.396 e. The fourth-order valence-corrected chi connectivity index (χ4v) is 2.70. The van der Waals surface area contributed by atoms with Crippen molar-refractivity contribution in [1.82, 2.24) is 14.9 Å². The number of anilines is 2. The maximum absolute atomic E-state index is 12.8. The summed E-state index contributed by atoms with van der Waals surface area (Å²) in [5.41, 5.74) is 1.33. The van der Waals surface area contributed by atoms with Gasteiger partial charge in [-0.3, -0.25) is 4.79 Å². The van der Waals surface area contributed by atoms with Gasteiger partial charge in [0.15, 0.2) is 0 Å². The van der Waals surface area contributed by atoms with Gasteiger partial charge in [0.2, 0.25) is 5.95 Å². The van der Waals surface area contributed by atoms with E-state index in [0.29, 0.717) is 37.7 Å². The molecule has 126 valence electrons. The number of ether oxygens (including phenoxy) is 1. The number of carbonyl (C=O) groups excluding carboxylic acids is 1. The molecule has 0 spiro atoms. The SMILES string of the molecule is O=C(c1cccc(Nc2ncccn2)c1)N1CCOCC1CCO. The molecule has 1 atom stereocenters. The van der Waals surface area contributed by atoms with E-state index in [9.17, 15) is 9.90 Å². The number of aliphatic hydroxyl groups is 1. The van der Waals surface area contributed by atoms with E-state index in [1.54, 1.807) is 35.5 Å². The highest BCUT2D eigenvalue weighted by atomic mass is 16.5. The number of amides is 1. The molecular weight excluding hydrogens is 308 g/mol. The van der Waals surface area contributed by atoms with Gasteiger partial charge in [-0.15, -0.1) is 0 Å². The molecule has 3 rings (SSSR count). The molecule has 1 saturated heterocycles. The second-order valence-corrected chi connectivity index (χ2v) is 5.52. The van der Waals surface area contributed by atoms with Gasteiger partial charge in [0.25, 0.3) is 5.91 Å². The fourth-order valence-electron chi connectivity index (χ4n) is 2.70. The molecule has 2 N–H and O–H groups in total. The lowest BCUT2D eigenvalue weighted by Crippen LogP contribution is -2.49. The van der Waals surface area contributed by atoms with Gasteiger partial charge in [-0.2, -0.15) is 0 Å². The molecular formula is C17H20N4O3. The molecule has 1 aromatic heterocycles. The number of morpholine rings is 1. The van der Waals surface area contributed by atoms with E-state index >= 15 is 0 Å². The van der Waals surface area contributed by atoms with Crippen molar-refractivity contribution in [3.8, 4) is 0 Å². The van der Waals surface area contributed by atoms with Gasteiger partial charge in [0.05, 0.1) is 19.3 Å². The molecule has 1 unspecified atom stereocenters. The molecule has 7 nitrogen and oxygen atoms in total. The van der Waals surface area contributed by atoms with Gasteiger partial charge >= 0.3 is 0 Å². The Morgan fingerprint density at radius 3 is 2.96 bits per heavy atom. The van der Waals surface area contributed by atoms with Gasteiger partial charge in [-0.1, -0.05) is 6.07 Å². The molecule has 0 bridgehead atoms. The standard InChI is InChI=1S/C17H20N4O3/c22-9-5-15-12-24-10-8-21(15)16(23)13-3-1-4-14(11-13)20-17-18-6-2-7-19-17/h1-4,6-7,11,15,22H,5,8-10,12H2,(H,18,19,20). The molecule has 0 radical (unpaired) electrons. The fraction of sp³-hybridized carbons (Fsp3) is 0.353. The Labute approximate surface area is 140 Å². The summed E-state index contributed by atoms with van der Waals surface area (Å²) in [5.74, 6) is 0.418. The number of carbonyl (C=O) groups is 1. The summed E-state index contributed by atoms with van der Waals surface area (Å²) in [6.45, 7) is 1.54. The lowest BCUT2D eigenvalue weighted by atomic mass is 10.1. The smallest absolute Gasteiger partial charge is 0.254 e. The monoisotopic (exact) mass is 328 g/mol. The van der Waals surface area contributed by atoms with Crippen LogP contribution in [0.25, 0.3) is 0 Å². The number of nitrogens with zero attached hydrogens (tertiary/aromatic N) is 3. The number of hydrogen-bond acceptors (Lipinski definition) is 6. The van der Waals surface area contributed by atoms with Crippen LogP contribution in [0.1, 0.15) is 16.8 Å². The second kappa shape index (κ2) is 7.85. The maximum atomic E-state index is 12.8. The minimum Gasteiger partial charge on any atom is -0.396 e. The summed E-state index contributed by atoms with van der Waals surface area (Å²) in [4.78, 5) is 22.8. The zero-order chi connectivity index (χ0) is 16.8. The van der Waals surface area contributed by atoms with Crippen LogP contribution in [-0.2, 0) is 4.74 Å². The van der Waals surface area contributed by atoms with E-state index in [2.05, 4.69) is 15.3 Å². The van der Waals surface area contributed by atoms with E-state index in [4.69, 9.17) is 4.74 Å². The van der Waals surface area contributed by atoms with E-state index < -0.39 is 0 Å². The number of nitrogens with one attached hydrogen (secondary N) is 1. The van der Waals surface area contributed by atoms with E-state index in [-0.39, 0.29) is 18.6 Å². The molecule has 7 heteroatoms. The van der Waals surface area contributed by atoms with Crippen LogP contribution in [0.4, 0.5) is 11.6 Å². The summed E-state index contributed by atoms with van der Waals surface area (Å²) >= 11 is 0. The Morgan fingerprint density at radius 1 is 1.33 bits per heavy atom. The van der Waals surface area contributed by atoms with Gasteiger partial charge in [0.1, 0.15) is 0 Å². The minimum absolute atomic E-state index is 0.0325. The van der Waals surface area contributed by atoms with Crippen LogP contribution in [0.3, 0.4) is 0 Å². The predicted molar refractivity (Wildman–Crippen MR) is 89.1 cm³/mol. The molecule has 0 saturated carbocycles. The summed E-state index contributed by atoms with van der Waals surface area (Å²) in [5, 5.41) is 12.3. The molecule has 0 aliphatic carbocycles. The zero-order valence-corrected chi connectivity index (χ0v) is 13.3. The normalized spacial score (nSPS) is 17.5. The average molecular weight is 328 g/mol. The van der Waals surface area contributed by atoms with E-state index in [1.807, 2.05) is 12.1 Å². The molecule has 1 fully saturated rings. The summed E-state index contributed by atoms with van der Waals surface area (Å²) in [6, 6.07) is 8.89. The van der Waals surface area contributed by atoms with Crippen LogP contribution in [0.5, 0.6) is 0 Å². The van der Waals surface area contributed by atoms with Gasteiger partial charge in [0, 0.05) is 36.8 Å². The first-order chi connectivity index (χ1) is 11.8. The van der Waals surface area contributed by atoms with Crippen LogP contribution in [0.2, 0.25) is 0 Å². The third kappa shape index (κ3) is 3.87. The zero-order valence-electron chi connectivity index (χ0n) is 13.3. The van der Waals surface area contributed by atoms with Crippen LogP contribution in [0.15, 0.2) is 42.7 Å². The second-order valence-electron chi connectivity index (χ2n) is 5.52. The van der Waals surface area contributed by atoms with Gasteiger partial charge < -0.3 is 20.1 Å². The average Bonchev–Trinajstić information content (AvgIpc) is 2.63. The molecule has 1 aliphatic heterocycles. The van der Waals surface area contributed by atoms with Gasteiger partial charge in [-0.25, -0.2) is 9.97 Å². The summed E-state index contributed by atoms with van der Waals surface area (Å²) < 4.78 is 5.42. The Kier molecular flexibility index (Phi) is 5.35. The van der Waals surface area contributed by atoms with Gasteiger partial charge in [-0.05, 0) is 30.7 Å². The van der Waals surface area contributed by atoms with Crippen molar-refractivity contribution < 1.29 is 14.6 Å². The number of aromatic nitrogens is 2. The first kappa shape index (κ1) is 16.4. The first-order valence-electron chi connectivity index (χ1n) is 7.91. The lowest BCUT2D eigenvalue weighted by molar-refractivity contribution is -0.00829. The van der Waals surface area contributed by atoms with Crippen LogP contribution < -0.4 is 5.32 Å². The maximum Gasteiger partial charge on any atom is 0.254 e. The molecule has 2 heterocycles. The first-order valence-corrected chi connectivity index (χ1v) is 7.91. The van der Waals surface area contributed by atoms with Crippen molar-refractivity contribution >= 4 is 17.5 Å². The Balaban J connectivity index is 1.76. The Bertz CT molecular complexity index is 679. The summed E-state index contributed by atoms with van der Waals surface area (Å²) in [7, 11) is 0. The number of hydrogen-bond donors (Lipinski definition) is 2. The third-order valence-electron chi connectivity index (χ3n) is 3.88. The minimum atomic E-state index is -0.0923. The Hall–Kier alpha value is -2.51.